The van der Waals surface area contributed by atoms with Gasteiger partial charge in [0.15, 0.2) is 0 Å². The van der Waals surface area contributed by atoms with Crippen molar-refractivity contribution in [1.82, 2.24) is 4.31 Å². The second kappa shape index (κ2) is 5.65. The molecule has 0 fully saturated rings. The average Bonchev–Trinajstić information content (AvgIpc) is 2.29. The quantitative estimate of drug-likeness (QED) is 0.811. The smallest absolute Gasteiger partial charge is 0.207 e. The van der Waals surface area contributed by atoms with Gasteiger partial charge < -0.3 is 0 Å². The predicted molar refractivity (Wildman–Crippen MR) is 70.5 cm³/mol. The highest BCUT2D eigenvalue weighted by molar-refractivity contribution is 7.89. The van der Waals surface area contributed by atoms with Crippen molar-refractivity contribution in [2.24, 2.45) is 0 Å². The molecule has 0 heterocycles. The summed E-state index contributed by atoms with van der Waals surface area (Å²) in [5.41, 5.74) is 1.06. The summed E-state index contributed by atoms with van der Waals surface area (Å²) < 4.78 is 26.0. The van der Waals surface area contributed by atoms with Crippen molar-refractivity contribution in [2.75, 3.05) is 7.05 Å². The molecule has 4 heteroatoms. The molecule has 1 aromatic carbocycles. The fourth-order valence-corrected chi connectivity index (χ4v) is 3.10. The second-order valence-corrected chi connectivity index (χ2v) is 6.47. The molecule has 0 saturated carbocycles. The van der Waals surface area contributed by atoms with Gasteiger partial charge in [-0.15, -0.1) is 0 Å². The average molecular weight is 255 g/mol. The zero-order valence-corrected chi connectivity index (χ0v) is 11.8. The van der Waals surface area contributed by atoms with Crippen LogP contribution in [0.1, 0.15) is 32.3 Å². The van der Waals surface area contributed by atoms with Crippen molar-refractivity contribution in [3.05, 3.63) is 29.8 Å². The molecule has 0 bridgehead atoms. The van der Waals surface area contributed by atoms with Crippen LogP contribution in [0.25, 0.3) is 0 Å². The molecule has 0 N–H and O–H groups in total. The molecular weight excluding hydrogens is 234 g/mol. The Balaban J connectivity index is 2.98. The molecule has 17 heavy (non-hydrogen) atoms. The molecule has 0 radical (unpaired) electrons. The van der Waals surface area contributed by atoms with Crippen LogP contribution in [0.5, 0.6) is 0 Å². The minimum absolute atomic E-state index is 0.0336. The van der Waals surface area contributed by atoms with Crippen molar-refractivity contribution >= 4 is 10.0 Å². The molecule has 0 saturated heterocycles. The van der Waals surface area contributed by atoms with E-state index in [1.54, 1.807) is 19.2 Å². The zero-order chi connectivity index (χ0) is 13.1. The lowest BCUT2D eigenvalue weighted by molar-refractivity contribution is 0.369. The third-order valence-electron chi connectivity index (χ3n) is 3.03. The second-order valence-electron chi connectivity index (χ2n) is 4.47. The van der Waals surface area contributed by atoms with Crippen molar-refractivity contribution in [2.45, 2.75) is 44.6 Å². The Morgan fingerprint density at radius 2 is 1.76 bits per heavy atom. The Morgan fingerprint density at radius 3 is 2.24 bits per heavy atom. The molecule has 0 aliphatic heterocycles. The van der Waals surface area contributed by atoms with E-state index in [-0.39, 0.29) is 6.04 Å². The largest absolute Gasteiger partial charge is 0.243 e. The van der Waals surface area contributed by atoms with Crippen LogP contribution in [0.15, 0.2) is 29.2 Å². The number of hydrogen-bond acceptors (Lipinski definition) is 2. The maximum atomic E-state index is 12.3. The first kappa shape index (κ1) is 14.2. The number of rotatable bonds is 5. The van der Waals surface area contributed by atoms with Gasteiger partial charge in [0, 0.05) is 13.1 Å². The minimum Gasteiger partial charge on any atom is -0.207 e. The van der Waals surface area contributed by atoms with Crippen LogP contribution in [0, 0.1) is 6.92 Å². The SMILES string of the molecule is CCCC(C)N(C)S(=O)(=O)c1ccc(C)cc1. The van der Waals surface area contributed by atoms with Crippen LogP contribution in [0.3, 0.4) is 0 Å². The number of nitrogens with zero attached hydrogens (tertiary/aromatic N) is 1. The van der Waals surface area contributed by atoms with Gasteiger partial charge in [-0.1, -0.05) is 31.0 Å². The number of benzene rings is 1. The maximum Gasteiger partial charge on any atom is 0.243 e. The van der Waals surface area contributed by atoms with Crippen LogP contribution < -0.4 is 0 Å². The molecular formula is C13H21NO2S. The van der Waals surface area contributed by atoms with Gasteiger partial charge in [-0.05, 0) is 32.4 Å². The Morgan fingerprint density at radius 1 is 1.24 bits per heavy atom. The van der Waals surface area contributed by atoms with E-state index in [4.69, 9.17) is 0 Å². The standard InChI is InChI=1S/C13H21NO2S/c1-5-6-12(3)14(4)17(15,16)13-9-7-11(2)8-10-13/h7-10,12H,5-6H2,1-4H3. The Labute approximate surface area is 105 Å². The molecule has 1 rings (SSSR count). The Kier molecular flexibility index (Phi) is 4.71. The summed E-state index contributed by atoms with van der Waals surface area (Å²) in [4.78, 5) is 0.369. The first-order valence-electron chi connectivity index (χ1n) is 5.94. The van der Waals surface area contributed by atoms with E-state index >= 15 is 0 Å². The molecule has 1 unspecified atom stereocenters. The highest BCUT2D eigenvalue weighted by Gasteiger charge is 2.24. The van der Waals surface area contributed by atoms with Crippen LogP contribution >= 0.6 is 0 Å². The Hall–Kier alpha value is -0.870. The normalized spacial score (nSPS) is 13.9. The van der Waals surface area contributed by atoms with Gasteiger partial charge in [0.05, 0.1) is 4.90 Å². The van der Waals surface area contributed by atoms with E-state index in [1.165, 1.54) is 4.31 Å². The summed E-state index contributed by atoms with van der Waals surface area (Å²) in [5.74, 6) is 0. The van der Waals surface area contributed by atoms with E-state index < -0.39 is 10.0 Å². The fourth-order valence-electron chi connectivity index (χ4n) is 1.71. The van der Waals surface area contributed by atoms with Crippen LogP contribution in [0.2, 0.25) is 0 Å². The van der Waals surface area contributed by atoms with Crippen LogP contribution in [-0.2, 0) is 10.0 Å². The highest BCUT2D eigenvalue weighted by Crippen LogP contribution is 2.18. The summed E-state index contributed by atoms with van der Waals surface area (Å²) in [6.45, 7) is 5.94. The van der Waals surface area contributed by atoms with Gasteiger partial charge in [-0.3, -0.25) is 0 Å². The molecule has 0 aromatic heterocycles. The van der Waals surface area contributed by atoms with E-state index in [0.717, 1.165) is 18.4 Å². The van der Waals surface area contributed by atoms with Crippen LogP contribution in [0.4, 0.5) is 0 Å². The van der Waals surface area contributed by atoms with Gasteiger partial charge >= 0.3 is 0 Å². The summed E-state index contributed by atoms with van der Waals surface area (Å²) in [7, 11) is -1.70. The van der Waals surface area contributed by atoms with Gasteiger partial charge in [-0.25, -0.2) is 8.42 Å². The van der Waals surface area contributed by atoms with Crippen molar-refractivity contribution in [3.8, 4) is 0 Å². The topological polar surface area (TPSA) is 37.4 Å². The van der Waals surface area contributed by atoms with E-state index in [0.29, 0.717) is 4.90 Å². The van der Waals surface area contributed by atoms with Gasteiger partial charge in [-0.2, -0.15) is 4.31 Å². The summed E-state index contributed by atoms with van der Waals surface area (Å²) in [6, 6.07) is 7.02. The molecule has 1 aromatic rings. The molecule has 0 aliphatic rings. The summed E-state index contributed by atoms with van der Waals surface area (Å²) >= 11 is 0. The number of aryl methyl sites for hydroxylation is 1. The molecule has 3 nitrogen and oxygen atoms in total. The first-order valence-corrected chi connectivity index (χ1v) is 7.38. The molecule has 0 aliphatic carbocycles. The molecule has 0 amide bonds. The molecule has 1 atom stereocenters. The molecule has 0 spiro atoms. The van der Waals surface area contributed by atoms with Crippen molar-refractivity contribution in [3.63, 3.8) is 0 Å². The van der Waals surface area contributed by atoms with Crippen molar-refractivity contribution in [1.29, 1.82) is 0 Å². The third kappa shape index (κ3) is 3.30. The van der Waals surface area contributed by atoms with Crippen molar-refractivity contribution < 1.29 is 8.42 Å². The fraction of sp³-hybridized carbons (Fsp3) is 0.538. The third-order valence-corrected chi connectivity index (χ3v) is 5.01. The van der Waals surface area contributed by atoms with E-state index in [1.807, 2.05) is 26.0 Å². The van der Waals surface area contributed by atoms with Crippen LogP contribution in [-0.4, -0.2) is 25.8 Å². The Bertz CT molecular complexity index is 451. The lowest BCUT2D eigenvalue weighted by Gasteiger charge is -2.24. The van der Waals surface area contributed by atoms with Gasteiger partial charge in [0.25, 0.3) is 0 Å². The van der Waals surface area contributed by atoms with Gasteiger partial charge in [0.1, 0.15) is 0 Å². The first-order chi connectivity index (χ1) is 7.89. The predicted octanol–water partition coefficient (Wildman–Crippen LogP) is 2.80. The molecule has 96 valence electrons. The van der Waals surface area contributed by atoms with Gasteiger partial charge in [0.2, 0.25) is 10.0 Å². The zero-order valence-electron chi connectivity index (χ0n) is 11.0. The lowest BCUT2D eigenvalue weighted by atomic mass is 10.2. The highest BCUT2D eigenvalue weighted by atomic mass is 32.2. The minimum atomic E-state index is -3.34. The number of sulfonamides is 1. The van der Waals surface area contributed by atoms with E-state index in [2.05, 4.69) is 6.92 Å². The number of hydrogen-bond donors (Lipinski definition) is 0. The maximum absolute atomic E-state index is 12.3. The van der Waals surface area contributed by atoms with E-state index in [9.17, 15) is 8.42 Å². The monoisotopic (exact) mass is 255 g/mol. The summed E-state index contributed by atoms with van der Waals surface area (Å²) in [6.07, 6.45) is 1.86. The summed E-state index contributed by atoms with van der Waals surface area (Å²) in [5, 5.41) is 0. The lowest BCUT2D eigenvalue weighted by Crippen LogP contribution is -2.34.